The third-order valence-corrected chi connectivity index (χ3v) is 6.11. The molecule has 158 valence electrons. The van der Waals surface area contributed by atoms with E-state index in [0.717, 1.165) is 22.5 Å². The topological polar surface area (TPSA) is 94.8 Å². The van der Waals surface area contributed by atoms with Gasteiger partial charge in [0.05, 0.1) is 18.6 Å². The van der Waals surface area contributed by atoms with Crippen LogP contribution in [0, 0.1) is 13.8 Å². The minimum atomic E-state index is -0.180. The molecule has 2 heterocycles. The number of thioether (sulfide) groups is 1. The second-order valence-electron chi connectivity index (χ2n) is 6.79. The first kappa shape index (κ1) is 21.0. The van der Waals surface area contributed by atoms with Gasteiger partial charge in [-0.1, -0.05) is 47.7 Å². The van der Waals surface area contributed by atoms with Crippen LogP contribution in [0.3, 0.4) is 0 Å². The summed E-state index contributed by atoms with van der Waals surface area (Å²) in [6.07, 6.45) is 0. The summed E-state index contributed by atoms with van der Waals surface area (Å²) in [7, 11) is 1.59. The molecular weight excluding hydrogens is 432 g/mol. The van der Waals surface area contributed by atoms with Crippen molar-refractivity contribution in [3.63, 3.8) is 0 Å². The van der Waals surface area contributed by atoms with Crippen molar-refractivity contribution >= 4 is 34.1 Å². The number of amides is 1. The summed E-state index contributed by atoms with van der Waals surface area (Å²) in [6.45, 7) is 4.02. The molecule has 0 aliphatic rings. The molecule has 0 unspecified atom stereocenters. The molecule has 4 aromatic rings. The Balaban J connectivity index is 1.41. The van der Waals surface area contributed by atoms with Crippen LogP contribution < -0.4 is 10.1 Å². The van der Waals surface area contributed by atoms with Crippen molar-refractivity contribution in [1.29, 1.82) is 0 Å². The first-order valence-corrected chi connectivity index (χ1v) is 11.3. The maximum absolute atomic E-state index is 12.5. The van der Waals surface area contributed by atoms with Gasteiger partial charge in [-0.05, 0) is 42.0 Å². The molecule has 8 nitrogen and oxygen atoms in total. The van der Waals surface area contributed by atoms with Gasteiger partial charge in [0.1, 0.15) is 11.4 Å². The van der Waals surface area contributed by atoms with Crippen LogP contribution in [0.15, 0.2) is 53.0 Å². The Morgan fingerprint density at radius 1 is 1.16 bits per heavy atom. The minimum Gasteiger partial charge on any atom is -0.494 e. The van der Waals surface area contributed by atoms with E-state index in [9.17, 15) is 4.79 Å². The van der Waals surface area contributed by atoms with Crippen LogP contribution in [0.1, 0.15) is 11.1 Å². The van der Waals surface area contributed by atoms with Crippen LogP contribution in [0.4, 0.5) is 5.13 Å². The Hall–Kier alpha value is -3.24. The number of aryl methyl sites for hydroxylation is 2. The first-order valence-electron chi connectivity index (χ1n) is 9.42. The summed E-state index contributed by atoms with van der Waals surface area (Å²) >= 11 is 2.63. The largest absolute Gasteiger partial charge is 0.494 e. The van der Waals surface area contributed by atoms with Gasteiger partial charge in [-0.2, -0.15) is 4.68 Å². The monoisotopic (exact) mass is 452 g/mol. The van der Waals surface area contributed by atoms with Gasteiger partial charge in [-0.3, -0.25) is 4.79 Å². The number of nitrogens with zero attached hydrogens (tertiary/aromatic N) is 5. The molecule has 2 aromatic carbocycles. The fourth-order valence-corrected chi connectivity index (χ4v) is 4.28. The molecule has 0 spiro atoms. The highest BCUT2D eigenvalue weighted by Gasteiger charge is 2.16. The number of hydrogen-bond acceptors (Lipinski definition) is 8. The summed E-state index contributed by atoms with van der Waals surface area (Å²) in [5.41, 5.74) is 4.81. The van der Waals surface area contributed by atoms with E-state index in [0.29, 0.717) is 16.0 Å². The Bertz CT molecular complexity index is 1200. The van der Waals surface area contributed by atoms with Crippen LogP contribution in [-0.2, 0) is 4.79 Å². The zero-order valence-electron chi connectivity index (χ0n) is 17.2. The number of nitrogens with one attached hydrogen (secondary N) is 1. The number of anilines is 1. The summed E-state index contributed by atoms with van der Waals surface area (Å²) < 4.78 is 6.99. The number of ether oxygens (including phenoxy) is 1. The number of carbonyl (C=O) groups is 1. The summed E-state index contributed by atoms with van der Waals surface area (Å²) in [5.74, 6) is 0.615. The normalized spacial score (nSPS) is 10.8. The molecule has 4 rings (SSSR count). The maximum atomic E-state index is 12.5. The van der Waals surface area contributed by atoms with Crippen molar-refractivity contribution in [3.05, 3.63) is 59.0 Å². The lowest BCUT2D eigenvalue weighted by Crippen LogP contribution is -2.14. The van der Waals surface area contributed by atoms with E-state index in [2.05, 4.69) is 25.8 Å². The molecule has 31 heavy (non-hydrogen) atoms. The number of hydrogen-bond donors (Lipinski definition) is 1. The molecule has 0 aliphatic carbocycles. The van der Waals surface area contributed by atoms with Crippen LogP contribution in [0.2, 0.25) is 0 Å². The lowest BCUT2D eigenvalue weighted by Gasteiger charge is -2.10. The quantitative estimate of drug-likeness (QED) is 0.421. The number of carbonyl (C=O) groups excluding carboxylic acids is 1. The fourth-order valence-electron chi connectivity index (χ4n) is 2.86. The molecule has 0 bridgehead atoms. The van der Waals surface area contributed by atoms with Crippen molar-refractivity contribution in [2.24, 2.45) is 0 Å². The van der Waals surface area contributed by atoms with Gasteiger partial charge in [0.2, 0.25) is 11.1 Å². The Morgan fingerprint density at radius 3 is 2.71 bits per heavy atom. The van der Waals surface area contributed by atoms with Gasteiger partial charge >= 0.3 is 0 Å². The zero-order valence-corrected chi connectivity index (χ0v) is 18.8. The molecule has 0 fully saturated rings. The number of tetrazole rings is 1. The minimum absolute atomic E-state index is 0.147. The smallest absolute Gasteiger partial charge is 0.236 e. The van der Waals surface area contributed by atoms with E-state index in [1.165, 1.54) is 28.7 Å². The van der Waals surface area contributed by atoms with Crippen LogP contribution in [0.5, 0.6) is 5.75 Å². The van der Waals surface area contributed by atoms with Crippen molar-refractivity contribution in [3.8, 4) is 22.7 Å². The average molecular weight is 453 g/mol. The number of benzene rings is 2. The molecule has 1 N–H and O–H groups in total. The number of methoxy groups -OCH3 is 1. The summed E-state index contributed by atoms with van der Waals surface area (Å²) in [4.78, 5) is 17.0. The van der Waals surface area contributed by atoms with Crippen molar-refractivity contribution in [2.45, 2.75) is 19.0 Å². The van der Waals surface area contributed by atoms with Crippen molar-refractivity contribution in [1.82, 2.24) is 25.2 Å². The van der Waals surface area contributed by atoms with E-state index < -0.39 is 0 Å². The molecule has 0 aliphatic heterocycles. The number of thiazole rings is 1. The highest BCUT2D eigenvalue weighted by atomic mass is 32.2. The number of aromatic nitrogens is 5. The fraction of sp³-hybridized carbons (Fsp3) is 0.190. The first-order chi connectivity index (χ1) is 15.0. The SMILES string of the molecule is COc1ccc(C)cc1-n1nnnc1SCC(=O)Nc1nc(-c2ccc(C)cc2)cs1. The van der Waals surface area contributed by atoms with Crippen LogP contribution in [0.25, 0.3) is 16.9 Å². The van der Waals surface area contributed by atoms with E-state index in [1.54, 1.807) is 11.8 Å². The molecule has 0 atom stereocenters. The molecule has 1 amide bonds. The van der Waals surface area contributed by atoms with Gasteiger partial charge < -0.3 is 10.1 Å². The lowest BCUT2D eigenvalue weighted by molar-refractivity contribution is -0.113. The molecule has 0 saturated carbocycles. The highest BCUT2D eigenvalue weighted by molar-refractivity contribution is 7.99. The van der Waals surface area contributed by atoms with Gasteiger partial charge in [0, 0.05) is 10.9 Å². The molecule has 0 saturated heterocycles. The third kappa shape index (κ3) is 4.92. The predicted octanol–water partition coefficient (Wildman–Crippen LogP) is 4.14. The second-order valence-corrected chi connectivity index (χ2v) is 8.59. The van der Waals surface area contributed by atoms with Crippen molar-refractivity contribution < 1.29 is 9.53 Å². The van der Waals surface area contributed by atoms with Crippen LogP contribution >= 0.6 is 23.1 Å². The predicted molar refractivity (Wildman–Crippen MR) is 122 cm³/mol. The zero-order chi connectivity index (χ0) is 21.8. The van der Waals surface area contributed by atoms with Crippen molar-refractivity contribution in [2.75, 3.05) is 18.2 Å². The molecule has 2 aromatic heterocycles. The molecular formula is C21H20N6O2S2. The Labute approximate surface area is 187 Å². The van der Waals surface area contributed by atoms with E-state index in [1.807, 2.05) is 61.7 Å². The average Bonchev–Trinajstić information content (AvgIpc) is 3.42. The lowest BCUT2D eigenvalue weighted by atomic mass is 10.1. The standard InChI is InChI=1S/C21H20N6O2S2/c1-13-4-7-15(8-5-13)16-11-30-20(22-16)23-19(28)12-31-21-24-25-26-27(21)17-10-14(2)6-9-18(17)29-3/h4-11H,12H2,1-3H3,(H,22,23,28). The van der Waals surface area contributed by atoms with E-state index in [4.69, 9.17) is 4.74 Å². The van der Waals surface area contributed by atoms with Crippen LogP contribution in [-0.4, -0.2) is 44.0 Å². The molecule has 0 radical (unpaired) electrons. The summed E-state index contributed by atoms with van der Waals surface area (Å²) in [5, 5.41) is 17.7. The second kappa shape index (κ2) is 9.27. The van der Waals surface area contributed by atoms with Gasteiger partial charge in [0.15, 0.2) is 5.13 Å². The summed E-state index contributed by atoms with van der Waals surface area (Å²) in [6, 6.07) is 13.9. The third-order valence-electron chi connectivity index (χ3n) is 4.43. The molecule has 10 heteroatoms. The Morgan fingerprint density at radius 2 is 1.94 bits per heavy atom. The van der Waals surface area contributed by atoms with Gasteiger partial charge in [-0.25, -0.2) is 4.98 Å². The van der Waals surface area contributed by atoms with E-state index in [-0.39, 0.29) is 11.7 Å². The van der Waals surface area contributed by atoms with Gasteiger partial charge in [-0.15, -0.1) is 16.4 Å². The number of rotatable bonds is 7. The van der Waals surface area contributed by atoms with E-state index >= 15 is 0 Å². The maximum Gasteiger partial charge on any atom is 0.236 e. The Kier molecular flexibility index (Phi) is 6.28. The van der Waals surface area contributed by atoms with Gasteiger partial charge in [0.25, 0.3) is 0 Å². The highest BCUT2D eigenvalue weighted by Crippen LogP contribution is 2.28.